The van der Waals surface area contributed by atoms with Gasteiger partial charge < -0.3 is 16.4 Å². The van der Waals surface area contributed by atoms with E-state index >= 15 is 0 Å². The van der Waals surface area contributed by atoms with E-state index < -0.39 is 0 Å². The Balaban J connectivity index is 2.17. The summed E-state index contributed by atoms with van der Waals surface area (Å²) >= 11 is 0. The molecule has 0 saturated carbocycles. The van der Waals surface area contributed by atoms with Crippen LogP contribution in [0, 0.1) is 0 Å². The van der Waals surface area contributed by atoms with Gasteiger partial charge in [0.2, 0.25) is 5.96 Å². The molecule has 0 fully saturated rings. The number of benzene rings is 1. The number of nitrogens with two attached hydrogens (primary N) is 2. The van der Waals surface area contributed by atoms with E-state index in [9.17, 15) is 0 Å². The van der Waals surface area contributed by atoms with Crippen molar-refractivity contribution in [1.29, 1.82) is 0 Å². The molecule has 0 unspecified atom stereocenters. The van der Waals surface area contributed by atoms with Crippen molar-refractivity contribution in [2.45, 2.75) is 6.42 Å². The Morgan fingerprint density at radius 3 is 3.00 bits per heavy atom. The van der Waals surface area contributed by atoms with Crippen LogP contribution in [0.25, 0.3) is 0 Å². The van der Waals surface area contributed by atoms with E-state index in [0.717, 1.165) is 25.1 Å². The summed E-state index contributed by atoms with van der Waals surface area (Å²) in [6.07, 6.45) is 4.62. The molecule has 0 bridgehead atoms. The first kappa shape index (κ1) is 12.2. The average molecular weight is 243 g/mol. The molecule has 94 valence electrons. The molecule has 0 aliphatic carbocycles. The van der Waals surface area contributed by atoms with Crippen LogP contribution in [0.2, 0.25) is 0 Å². The van der Waals surface area contributed by atoms with Crippen LogP contribution in [0.1, 0.15) is 11.1 Å². The van der Waals surface area contributed by atoms with Gasteiger partial charge in [0.05, 0.1) is 6.21 Å². The van der Waals surface area contributed by atoms with E-state index in [1.807, 2.05) is 12.1 Å². The van der Waals surface area contributed by atoms with Gasteiger partial charge in [-0.3, -0.25) is 0 Å². The highest BCUT2D eigenvalue weighted by Crippen LogP contribution is 2.28. The Labute approximate surface area is 106 Å². The van der Waals surface area contributed by atoms with Crippen molar-refractivity contribution in [3.8, 4) is 0 Å². The molecular formula is C13H17N5. The van der Waals surface area contributed by atoms with Crippen LogP contribution >= 0.6 is 0 Å². The molecule has 0 aromatic heterocycles. The van der Waals surface area contributed by atoms with Crippen LogP contribution in [-0.2, 0) is 6.42 Å². The van der Waals surface area contributed by atoms with Crippen molar-refractivity contribution >= 4 is 17.9 Å². The number of rotatable bonds is 4. The van der Waals surface area contributed by atoms with Crippen LogP contribution in [-0.4, -0.2) is 25.3 Å². The molecule has 1 aromatic rings. The van der Waals surface area contributed by atoms with Gasteiger partial charge in [0.1, 0.15) is 0 Å². The molecule has 5 heteroatoms. The zero-order valence-corrected chi connectivity index (χ0v) is 10.2. The molecule has 0 spiro atoms. The minimum atomic E-state index is -0.0374. The predicted octanol–water partition coefficient (Wildman–Crippen LogP) is 0.842. The maximum absolute atomic E-state index is 5.20. The zero-order chi connectivity index (χ0) is 13.0. The maximum Gasteiger partial charge on any atom is 0.211 e. The topological polar surface area (TPSA) is 80.0 Å². The highest BCUT2D eigenvalue weighted by atomic mass is 15.3. The van der Waals surface area contributed by atoms with Gasteiger partial charge in [-0.05, 0) is 29.7 Å². The molecule has 0 amide bonds. The van der Waals surface area contributed by atoms with Gasteiger partial charge in [-0.2, -0.15) is 5.10 Å². The van der Waals surface area contributed by atoms with Gasteiger partial charge in [-0.1, -0.05) is 12.1 Å². The summed E-state index contributed by atoms with van der Waals surface area (Å²) in [5.74, 6) is -0.0374. The van der Waals surface area contributed by atoms with Crippen molar-refractivity contribution in [1.82, 2.24) is 0 Å². The zero-order valence-electron chi connectivity index (χ0n) is 10.2. The van der Waals surface area contributed by atoms with Crippen molar-refractivity contribution < 1.29 is 0 Å². The third-order valence-electron chi connectivity index (χ3n) is 2.82. The summed E-state index contributed by atoms with van der Waals surface area (Å²) in [4.78, 5) is 2.30. The average Bonchev–Trinajstić information content (AvgIpc) is 2.72. The van der Waals surface area contributed by atoms with E-state index in [4.69, 9.17) is 11.5 Å². The fourth-order valence-corrected chi connectivity index (χ4v) is 2.08. The molecule has 0 radical (unpaired) electrons. The summed E-state index contributed by atoms with van der Waals surface area (Å²) in [7, 11) is 0. The molecule has 1 aliphatic heterocycles. The SMILES string of the molecule is C=CCN1CCc2cc(C=NN=C(N)N)ccc21. The molecule has 18 heavy (non-hydrogen) atoms. The van der Waals surface area contributed by atoms with E-state index in [0.29, 0.717) is 0 Å². The molecule has 1 heterocycles. The Morgan fingerprint density at radius 1 is 1.44 bits per heavy atom. The predicted molar refractivity (Wildman–Crippen MR) is 76.0 cm³/mol. The summed E-state index contributed by atoms with van der Waals surface area (Å²) in [5.41, 5.74) is 14.0. The van der Waals surface area contributed by atoms with E-state index in [1.165, 1.54) is 11.3 Å². The van der Waals surface area contributed by atoms with Crippen molar-refractivity contribution in [3.63, 3.8) is 0 Å². The molecule has 1 aromatic carbocycles. The summed E-state index contributed by atoms with van der Waals surface area (Å²) in [6, 6.07) is 6.22. The Kier molecular flexibility index (Phi) is 3.62. The van der Waals surface area contributed by atoms with E-state index in [-0.39, 0.29) is 5.96 Å². The first-order chi connectivity index (χ1) is 8.70. The van der Waals surface area contributed by atoms with Crippen molar-refractivity contribution in [2.24, 2.45) is 21.7 Å². The molecule has 0 atom stereocenters. The third kappa shape index (κ3) is 2.68. The van der Waals surface area contributed by atoms with Crippen LogP contribution in [0.4, 0.5) is 5.69 Å². The third-order valence-corrected chi connectivity index (χ3v) is 2.82. The number of nitrogens with zero attached hydrogens (tertiary/aromatic N) is 3. The highest BCUT2D eigenvalue weighted by Gasteiger charge is 2.17. The lowest BCUT2D eigenvalue weighted by Crippen LogP contribution is -2.21. The Bertz CT molecular complexity index is 500. The Morgan fingerprint density at radius 2 is 2.28 bits per heavy atom. The summed E-state index contributed by atoms with van der Waals surface area (Å²) in [6.45, 7) is 5.69. The first-order valence-corrected chi connectivity index (χ1v) is 5.81. The van der Waals surface area contributed by atoms with Gasteiger partial charge in [0.25, 0.3) is 0 Å². The molecule has 5 nitrogen and oxygen atoms in total. The molecule has 4 N–H and O–H groups in total. The number of anilines is 1. The van der Waals surface area contributed by atoms with Crippen LogP contribution in [0.15, 0.2) is 41.1 Å². The maximum atomic E-state index is 5.20. The molecule has 0 saturated heterocycles. The van der Waals surface area contributed by atoms with Crippen LogP contribution < -0.4 is 16.4 Å². The van der Waals surface area contributed by atoms with E-state index in [1.54, 1.807) is 6.21 Å². The fourth-order valence-electron chi connectivity index (χ4n) is 2.08. The smallest absolute Gasteiger partial charge is 0.211 e. The number of guanidine groups is 1. The molecule has 1 aliphatic rings. The van der Waals surface area contributed by atoms with Gasteiger partial charge >= 0.3 is 0 Å². The second-order valence-electron chi connectivity index (χ2n) is 4.14. The number of hydrogen-bond donors (Lipinski definition) is 2. The van der Waals surface area contributed by atoms with Crippen LogP contribution in [0.5, 0.6) is 0 Å². The van der Waals surface area contributed by atoms with Gasteiger partial charge in [0.15, 0.2) is 0 Å². The number of hydrogen-bond acceptors (Lipinski definition) is 3. The minimum absolute atomic E-state index is 0.0374. The number of fused-ring (bicyclic) bond motifs is 1. The van der Waals surface area contributed by atoms with Gasteiger partial charge in [-0.25, -0.2) is 0 Å². The lowest BCUT2D eigenvalue weighted by atomic mass is 10.1. The highest BCUT2D eigenvalue weighted by molar-refractivity contribution is 5.83. The van der Waals surface area contributed by atoms with Crippen molar-refractivity contribution in [3.05, 3.63) is 42.0 Å². The standard InChI is InChI=1S/C13H17N5/c1-2-6-18-7-5-11-8-10(3-4-12(11)18)9-16-17-13(14)15/h2-4,8-9H,1,5-7H2,(H4,14,15,17). The second kappa shape index (κ2) is 5.35. The summed E-state index contributed by atoms with van der Waals surface area (Å²) in [5, 5.41) is 7.38. The van der Waals surface area contributed by atoms with E-state index in [2.05, 4.69) is 33.8 Å². The fraction of sp³-hybridized carbons (Fsp3) is 0.231. The summed E-state index contributed by atoms with van der Waals surface area (Å²) < 4.78 is 0. The van der Waals surface area contributed by atoms with Crippen LogP contribution in [0.3, 0.4) is 0 Å². The van der Waals surface area contributed by atoms with Gasteiger partial charge in [-0.15, -0.1) is 11.7 Å². The second-order valence-corrected chi connectivity index (χ2v) is 4.14. The lowest BCUT2D eigenvalue weighted by Gasteiger charge is -2.16. The van der Waals surface area contributed by atoms with Gasteiger partial charge in [0, 0.05) is 18.8 Å². The lowest BCUT2D eigenvalue weighted by molar-refractivity contribution is 0.905. The minimum Gasteiger partial charge on any atom is -0.369 e. The normalized spacial score (nSPS) is 13.7. The Hall–Kier alpha value is -2.30. The largest absolute Gasteiger partial charge is 0.369 e. The van der Waals surface area contributed by atoms with Crippen molar-refractivity contribution in [2.75, 3.05) is 18.0 Å². The monoisotopic (exact) mass is 243 g/mol. The molecular weight excluding hydrogens is 226 g/mol. The quantitative estimate of drug-likeness (QED) is 0.356. The first-order valence-electron chi connectivity index (χ1n) is 5.81. The molecule has 2 rings (SSSR count).